The molecule has 1 heterocycles. The van der Waals surface area contributed by atoms with E-state index in [4.69, 9.17) is 4.74 Å². The van der Waals surface area contributed by atoms with Gasteiger partial charge in [0.2, 0.25) is 5.91 Å². The zero-order valence-electron chi connectivity index (χ0n) is 11.7. The van der Waals surface area contributed by atoms with Crippen LogP contribution in [0.4, 0.5) is 0 Å². The molecule has 0 bridgehead atoms. The molecule has 0 radical (unpaired) electrons. The summed E-state index contributed by atoms with van der Waals surface area (Å²) in [5.41, 5.74) is -0.833. The third kappa shape index (κ3) is 3.46. The van der Waals surface area contributed by atoms with Crippen molar-refractivity contribution in [3.05, 3.63) is 0 Å². The van der Waals surface area contributed by atoms with E-state index in [9.17, 15) is 15.0 Å². The highest BCUT2D eigenvalue weighted by molar-refractivity contribution is 5.78. The second kappa shape index (κ2) is 6.20. The number of ether oxygens (including phenoxy) is 1. The summed E-state index contributed by atoms with van der Waals surface area (Å²) < 4.78 is 5.27. The fraction of sp³-hybridized carbons (Fsp3) is 0.929. The average Bonchev–Trinajstić information content (AvgIpc) is 2.82. The van der Waals surface area contributed by atoms with Crippen LogP contribution in [0.3, 0.4) is 0 Å². The summed E-state index contributed by atoms with van der Waals surface area (Å²) in [5.74, 6) is -0.0528. The van der Waals surface area contributed by atoms with E-state index in [-0.39, 0.29) is 31.1 Å². The van der Waals surface area contributed by atoms with Crippen LogP contribution in [0, 0.1) is 0 Å². The highest BCUT2D eigenvalue weighted by Gasteiger charge is 2.39. The van der Waals surface area contributed by atoms with Crippen LogP contribution in [-0.4, -0.2) is 59.0 Å². The minimum Gasteiger partial charge on any atom is -0.394 e. The van der Waals surface area contributed by atoms with Gasteiger partial charge in [-0.2, -0.15) is 0 Å². The summed E-state index contributed by atoms with van der Waals surface area (Å²) in [6.45, 7) is 0.487. The fourth-order valence-corrected chi connectivity index (χ4v) is 3.29. The molecule has 2 rings (SSSR count). The molecule has 110 valence electrons. The molecule has 19 heavy (non-hydrogen) atoms. The minimum absolute atomic E-state index is 0.00194. The van der Waals surface area contributed by atoms with E-state index in [0.717, 1.165) is 19.3 Å². The van der Waals surface area contributed by atoms with Crippen molar-refractivity contribution in [2.45, 2.75) is 62.7 Å². The van der Waals surface area contributed by atoms with Crippen molar-refractivity contribution in [2.24, 2.45) is 0 Å². The lowest BCUT2D eigenvalue weighted by atomic mass is 9.82. The van der Waals surface area contributed by atoms with Gasteiger partial charge in [0.25, 0.3) is 0 Å². The molecule has 2 aliphatic rings. The molecule has 1 saturated heterocycles. The van der Waals surface area contributed by atoms with Gasteiger partial charge in [0.15, 0.2) is 0 Å². The van der Waals surface area contributed by atoms with Gasteiger partial charge in [-0.05, 0) is 19.3 Å². The number of nitrogens with zero attached hydrogens (tertiary/aromatic N) is 1. The maximum atomic E-state index is 12.3. The molecule has 0 aromatic carbocycles. The maximum Gasteiger partial charge on any atom is 0.225 e. The quantitative estimate of drug-likeness (QED) is 0.789. The summed E-state index contributed by atoms with van der Waals surface area (Å²) >= 11 is 0. The number of methoxy groups -OCH3 is 1. The number of hydrogen-bond acceptors (Lipinski definition) is 4. The molecule has 5 nitrogen and oxygen atoms in total. The monoisotopic (exact) mass is 271 g/mol. The van der Waals surface area contributed by atoms with Crippen molar-refractivity contribution in [1.82, 2.24) is 4.90 Å². The van der Waals surface area contributed by atoms with Crippen molar-refractivity contribution in [3.8, 4) is 0 Å². The van der Waals surface area contributed by atoms with Gasteiger partial charge in [0.05, 0.1) is 30.8 Å². The van der Waals surface area contributed by atoms with Gasteiger partial charge in [-0.25, -0.2) is 0 Å². The number of aliphatic hydroxyl groups excluding tert-OH is 1. The van der Waals surface area contributed by atoms with Crippen LogP contribution in [0.25, 0.3) is 0 Å². The molecule has 0 aromatic rings. The average molecular weight is 271 g/mol. The molecule has 1 saturated carbocycles. The predicted octanol–water partition coefficient (Wildman–Crippen LogP) is 0.680. The van der Waals surface area contributed by atoms with E-state index < -0.39 is 5.60 Å². The SMILES string of the molecule is CO[C@H]1C[C@@H](CO)N(C(=O)CC2(O)CCCCC2)C1. The Balaban J connectivity index is 1.94. The van der Waals surface area contributed by atoms with Gasteiger partial charge in [0, 0.05) is 13.7 Å². The highest BCUT2D eigenvalue weighted by atomic mass is 16.5. The number of hydrogen-bond donors (Lipinski definition) is 2. The lowest BCUT2D eigenvalue weighted by Crippen LogP contribution is -2.43. The van der Waals surface area contributed by atoms with Gasteiger partial charge in [0.1, 0.15) is 0 Å². The molecule has 1 aliphatic heterocycles. The Hall–Kier alpha value is -0.650. The van der Waals surface area contributed by atoms with Crippen LogP contribution in [0.2, 0.25) is 0 Å². The number of carbonyl (C=O) groups excluding carboxylic acids is 1. The molecule has 2 fully saturated rings. The minimum atomic E-state index is -0.833. The first-order valence-corrected chi connectivity index (χ1v) is 7.23. The molecule has 1 aliphatic carbocycles. The van der Waals surface area contributed by atoms with Gasteiger partial charge >= 0.3 is 0 Å². The van der Waals surface area contributed by atoms with Crippen molar-refractivity contribution in [2.75, 3.05) is 20.3 Å². The third-order valence-corrected chi connectivity index (χ3v) is 4.51. The van der Waals surface area contributed by atoms with E-state index in [2.05, 4.69) is 0 Å². The smallest absolute Gasteiger partial charge is 0.225 e. The standard InChI is InChI=1S/C14H25NO4/c1-19-12-7-11(10-16)15(9-12)13(17)8-14(18)5-3-2-4-6-14/h11-12,16,18H,2-10H2,1H3/t11-,12-/m0/s1. The maximum absolute atomic E-state index is 12.3. The fourth-order valence-electron chi connectivity index (χ4n) is 3.29. The predicted molar refractivity (Wildman–Crippen MR) is 70.7 cm³/mol. The Labute approximate surface area is 114 Å². The van der Waals surface area contributed by atoms with E-state index in [0.29, 0.717) is 25.8 Å². The van der Waals surface area contributed by atoms with Crippen LogP contribution in [0.1, 0.15) is 44.9 Å². The summed E-state index contributed by atoms with van der Waals surface area (Å²) in [6.07, 6.45) is 5.42. The zero-order valence-corrected chi connectivity index (χ0v) is 11.7. The molecular weight excluding hydrogens is 246 g/mol. The largest absolute Gasteiger partial charge is 0.394 e. The molecule has 5 heteroatoms. The molecule has 2 N–H and O–H groups in total. The van der Waals surface area contributed by atoms with Crippen LogP contribution in [-0.2, 0) is 9.53 Å². The third-order valence-electron chi connectivity index (χ3n) is 4.51. The van der Waals surface area contributed by atoms with Crippen LogP contribution >= 0.6 is 0 Å². The van der Waals surface area contributed by atoms with Gasteiger partial charge in [-0.1, -0.05) is 19.3 Å². The van der Waals surface area contributed by atoms with E-state index >= 15 is 0 Å². The molecule has 1 amide bonds. The van der Waals surface area contributed by atoms with Crippen LogP contribution in [0.15, 0.2) is 0 Å². The number of aliphatic hydroxyl groups is 2. The van der Waals surface area contributed by atoms with Gasteiger partial charge < -0.3 is 19.8 Å². The van der Waals surface area contributed by atoms with Crippen molar-refractivity contribution >= 4 is 5.91 Å². The van der Waals surface area contributed by atoms with Crippen molar-refractivity contribution in [3.63, 3.8) is 0 Å². The van der Waals surface area contributed by atoms with Crippen molar-refractivity contribution in [1.29, 1.82) is 0 Å². The Morgan fingerprint density at radius 1 is 1.37 bits per heavy atom. The van der Waals surface area contributed by atoms with Crippen LogP contribution < -0.4 is 0 Å². The first-order chi connectivity index (χ1) is 9.08. The number of rotatable bonds is 4. The van der Waals surface area contributed by atoms with Crippen molar-refractivity contribution < 1.29 is 19.7 Å². The van der Waals surface area contributed by atoms with Crippen LogP contribution in [0.5, 0.6) is 0 Å². The first-order valence-electron chi connectivity index (χ1n) is 7.23. The normalized spacial score (nSPS) is 30.6. The van der Waals surface area contributed by atoms with Gasteiger partial charge in [-0.15, -0.1) is 0 Å². The van der Waals surface area contributed by atoms with E-state index in [1.807, 2.05) is 0 Å². The highest BCUT2D eigenvalue weighted by Crippen LogP contribution is 2.32. The number of likely N-dealkylation sites (tertiary alicyclic amines) is 1. The molecule has 0 aromatic heterocycles. The van der Waals surface area contributed by atoms with E-state index in [1.165, 1.54) is 0 Å². The molecular formula is C14H25NO4. The first kappa shape index (κ1) is 14.8. The summed E-state index contributed by atoms with van der Waals surface area (Å²) in [7, 11) is 1.63. The number of carbonyl (C=O) groups is 1. The zero-order chi connectivity index (χ0) is 13.9. The topological polar surface area (TPSA) is 70.0 Å². The van der Waals surface area contributed by atoms with Gasteiger partial charge in [-0.3, -0.25) is 4.79 Å². The molecule has 0 unspecified atom stereocenters. The Morgan fingerprint density at radius 2 is 2.05 bits per heavy atom. The summed E-state index contributed by atoms with van der Waals surface area (Å²) in [4.78, 5) is 14.0. The Bertz CT molecular complexity index is 315. The lowest BCUT2D eigenvalue weighted by Gasteiger charge is -2.34. The molecule has 2 atom stereocenters. The lowest BCUT2D eigenvalue weighted by molar-refractivity contribution is -0.139. The number of amides is 1. The second-order valence-corrected chi connectivity index (χ2v) is 5.94. The molecule has 0 spiro atoms. The summed E-state index contributed by atoms with van der Waals surface area (Å²) in [5, 5.41) is 19.8. The Morgan fingerprint density at radius 3 is 2.63 bits per heavy atom. The second-order valence-electron chi connectivity index (χ2n) is 5.94. The summed E-state index contributed by atoms with van der Waals surface area (Å²) in [6, 6.07) is -0.162. The Kier molecular flexibility index (Phi) is 4.81. The van der Waals surface area contributed by atoms with E-state index in [1.54, 1.807) is 12.0 Å².